The summed E-state index contributed by atoms with van der Waals surface area (Å²) in [4.78, 5) is 28.9. The number of benzene rings is 1. The van der Waals surface area contributed by atoms with E-state index in [1.54, 1.807) is 0 Å². The standard InChI is InChI=1S/C11H9FN6O3/c12-7-4-2-1-3-6(7)11(19)17-16-10-8(18(20)21)9(13)14-5-15-10/h1-5H,(H,17,19)(H3,13,14,15,16). The third-order valence-electron chi connectivity index (χ3n) is 2.45. The normalized spacial score (nSPS) is 9.95. The van der Waals surface area contributed by atoms with Gasteiger partial charge in [0.15, 0.2) is 0 Å². The van der Waals surface area contributed by atoms with Crippen LogP contribution in [0.3, 0.4) is 0 Å². The minimum atomic E-state index is -0.820. The van der Waals surface area contributed by atoms with Gasteiger partial charge in [-0.05, 0) is 12.1 Å². The predicted molar refractivity (Wildman–Crippen MR) is 70.6 cm³/mol. The third-order valence-corrected chi connectivity index (χ3v) is 2.45. The molecule has 2 rings (SSSR count). The lowest BCUT2D eigenvalue weighted by molar-refractivity contribution is -0.383. The van der Waals surface area contributed by atoms with Gasteiger partial charge in [-0.25, -0.2) is 14.4 Å². The van der Waals surface area contributed by atoms with Gasteiger partial charge >= 0.3 is 5.69 Å². The molecule has 0 radical (unpaired) electrons. The van der Waals surface area contributed by atoms with Crippen LogP contribution in [0.1, 0.15) is 10.4 Å². The molecule has 0 fully saturated rings. The number of hydrogen-bond acceptors (Lipinski definition) is 7. The van der Waals surface area contributed by atoms with Gasteiger partial charge in [0, 0.05) is 0 Å². The molecule has 10 heteroatoms. The van der Waals surface area contributed by atoms with E-state index in [0.717, 1.165) is 12.4 Å². The average Bonchev–Trinajstić information content (AvgIpc) is 2.44. The summed E-state index contributed by atoms with van der Waals surface area (Å²) in [7, 11) is 0. The van der Waals surface area contributed by atoms with E-state index in [1.807, 2.05) is 0 Å². The van der Waals surface area contributed by atoms with Gasteiger partial charge in [-0.2, -0.15) is 0 Å². The van der Waals surface area contributed by atoms with E-state index in [2.05, 4.69) is 20.8 Å². The van der Waals surface area contributed by atoms with Gasteiger partial charge in [0.05, 0.1) is 10.5 Å². The van der Waals surface area contributed by atoms with Crippen molar-refractivity contribution in [1.29, 1.82) is 0 Å². The summed E-state index contributed by atoms with van der Waals surface area (Å²) >= 11 is 0. The number of halogens is 1. The van der Waals surface area contributed by atoms with Crippen molar-refractivity contribution in [3.63, 3.8) is 0 Å². The number of carbonyl (C=O) groups excluding carboxylic acids is 1. The van der Waals surface area contributed by atoms with Crippen molar-refractivity contribution in [3.8, 4) is 0 Å². The number of aromatic nitrogens is 2. The van der Waals surface area contributed by atoms with Crippen LogP contribution in [-0.2, 0) is 0 Å². The van der Waals surface area contributed by atoms with Gasteiger partial charge in [0.2, 0.25) is 11.6 Å². The Hall–Kier alpha value is -3.30. The quantitative estimate of drug-likeness (QED) is 0.561. The second-order valence-electron chi connectivity index (χ2n) is 3.77. The Morgan fingerprint density at radius 1 is 1.33 bits per heavy atom. The first-order chi connectivity index (χ1) is 10.0. The van der Waals surface area contributed by atoms with Gasteiger partial charge in [-0.15, -0.1) is 0 Å². The summed E-state index contributed by atoms with van der Waals surface area (Å²) in [5, 5.41) is 10.8. The van der Waals surface area contributed by atoms with E-state index < -0.39 is 22.3 Å². The van der Waals surface area contributed by atoms with Crippen LogP contribution < -0.4 is 16.6 Å². The molecule has 0 saturated carbocycles. The van der Waals surface area contributed by atoms with E-state index in [4.69, 9.17) is 5.73 Å². The molecule has 21 heavy (non-hydrogen) atoms. The summed E-state index contributed by atoms with van der Waals surface area (Å²) < 4.78 is 13.4. The first-order valence-electron chi connectivity index (χ1n) is 5.56. The minimum absolute atomic E-state index is 0.227. The second-order valence-corrected chi connectivity index (χ2v) is 3.77. The van der Waals surface area contributed by atoms with Crippen LogP contribution in [0, 0.1) is 15.9 Å². The average molecular weight is 292 g/mol. The molecule has 9 nitrogen and oxygen atoms in total. The Morgan fingerprint density at radius 2 is 2.05 bits per heavy atom. The number of nitrogens with two attached hydrogens (primary N) is 1. The van der Waals surface area contributed by atoms with E-state index in [-0.39, 0.29) is 17.2 Å². The Balaban J connectivity index is 2.18. The van der Waals surface area contributed by atoms with Crippen LogP contribution in [0.4, 0.5) is 21.7 Å². The molecule has 4 N–H and O–H groups in total. The van der Waals surface area contributed by atoms with E-state index in [9.17, 15) is 19.3 Å². The van der Waals surface area contributed by atoms with Crippen LogP contribution >= 0.6 is 0 Å². The predicted octanol–water partition coefficient (Wildman–Crippen LogP) is 0.863. The second kappa shape index (κ2) is 5.77. The molecule has 0 aliphatic heterocycles. The molecule has 108 valence electrons. The summed E-state index contributed by atoms with van der Waals surface area (Å²) in [5.74, 6) is -2.22. The Bertz CT molecular complexity index is 708. The molecule has 1 aromatic carbocycles. The van der Waals surface area contributed by atoms with E-state index in [0.29, 0.717) is 0 Å². The first kappa shape index (κ1) is 14.1. The molecule has 1 amide bonds. The maximum absolute atomic E-state index is 13.4. The number of hydrogen-bond donors (Lipinski definition) is 3. The number of rotatable bonds is 4. The summed E-state index contributed by atoms with van der Waals surface area (Å²) in [6.45, 7) is 0. The van der Waals surface area contributed by atoms with Crippen LogP contribution in [-0.4, -0.2) is 20.8 Å². The number of carbonyl (C=O) groups is 1. The van der Waals surface area contributed by atoms with Crippen molar-refractivity contribution in [3.05, 3.63) is 52.1 Å². The van der Waals surface area contributed by atoms with Crippen molar-refractivity contribution in [2.45, 2.75) is 0 Å². The zero-order valence-electron chi connectivity index (χ0n) is 10.4. The fourth-order valence-electron chi connectivity index (χ4n) is 1.49. The Kier molecular flexibility index (Phi) is 3.88. The zero-order valence-corrected chi connectivity index (χ0v) is 10.4. The highest BCUT2D eigenvalue weighted by Gasteiger charge is 2.21. The minimum Gasteiger partial charge on any atom is -0.378 e. The summed E-state index contributed by atoms with van der Waals surface area (Å²) in [6.07, 6.45) is 0.986. The van der Waals surface area contributed by atoms with Gasteiger partial charge in [0.25, 0.3) is 5.91 Å². The fourth-order valence-corrected chi connectivity index (χ4v) is 1.49. The molecule has 0 aliphatic rings. The highest BCUT2D eigenvalue weighted by molar-refractivity contribution is 5.95. The molecule has 0 atom stereocenters. The molecule has 0 unspecified atom stereocenters. The molecular formula is C11H9FN6O3. The lowest BCUT2D eigenvalue weighted by atomic mass is 10.2. The Labute approximate surface area is 117 Å². The monoisotopic (exact) mass is 292 g/mol. The van der Waals surface area contributed by atoms with Crippen molar-refractivity contribution < 1.29 is 14.1 Å². The molecule has 2 aromatic rings. The van der Waals surface area contributed by atoms with E-state index in [1.165, 1.54) is 18.2 Å². The van der Waals surface area contributed by atoms with Gasteiger partial charge in [-0.3, -0.25) is 25.8 Å². The lowest BCUT2D eigenvalue weighted by Gasteiger charge is -2.08. The van der Waals surface area contributed by atoms with Crippen LogP contribution in [0.25, 0.3) is 0 Å². The van der Waals surface area contributed by atoms with Gasteiger partial charge < -0.3 is 5.73 Å². The number of nitrogens with zero attached hydrogens (tertiary/aromatic N) is 3. The van der Waals surface area contributed by atoms with Crippen LogP contribution in [0.15, 0.2) is 30.6 Å². The molecule has 0 spiro atoms. The smallest absolute Gasteiger partial charge is 0.354 e. The number of nitrogens with one attached hydrogen (secondary N) is 2. The van der Waals surface area contributed by atoms with Crippen molar-refractivity contribution in [2.24, 2.45) is 0 Å². The van der Waals surface area contributed by atoms with Gasteiger partial charge in [-0.1, -0.05) is 12.1 Å². The molecule has 0 bridgehead atoms. The Morgan fingerprint density at radius 3 is 2.71 bits per heavy atom. The molecule has 0 saturated heterocycles. The topological polar surface area (TPSA) is 136 Å². The number of anilines is 2. The number of amides is 1. The van der Waals surface area contributed by atoms with Crippen molar-refractivity contribution >= 4 is 23.2 Å². The first-order valence-corrected chi connectivity index (χ1v) is 5.56. The van der Waals surface area contributed by atoms with E-state index >= 15 is 0 Å². The molecule has 0 aliphatic carbocycles. The SMILES string of the molecule is Nc1ncnc(NNC(=O)c2ccccc2F)c1[N+](=O)[O-]. The summed E-state index contributed by atoms with van der Waals surface area (Å²) in [5.41, 5.74) is 8.86. The third kappa shape index (κ3) is 3.00. The highest BCUT2D eigenvalue weighted by atomic mass is 19.1. The highest BCUT2D eigenvalue weighted by Crippen LogP contribution is 2.25. The molecular weight excluding hydrogens is 283 g/mol. The van der Waals surface area contributed by atoms with Crippen LogP contribution in [0.5, 0.6) is 0 Å². The van der Waals surface area contributed by atoms with Crippen molar-refractivity contribution in [1.82, 2.24) is 15.4 Å². The maximum atomic E-state index is 13.4. The number of hydrazine groups is 1. The van der Waals surface area contributed by atoms with Gasteiger partial charge in [0.1, 0.15) is 12.1 Å². The largest absolute Gasteiger partial charge is 0.378 e. The zero-order chi connectivity index (χ0) is 15.4. The molecule has 1 aromatic heterocycles. The summed E-state index contributed by atoms with van der Waals surface area (Å²) in [6, 6.07) is 5.27. The number of nitrogen functional groups attached to an aromatic ring is 1. The fraction of sp³-hybridized carbons (Fsp3) is 0. The molecule has 1 heterocycles. The van der Waals surface area contributed by atoms with Crippen LogP contribution in [0.2, 0.25) is 0 Å². The number of nitro groups is 1. The lowest BCUT2D eigenvalue weighted by Crippen LogP contribution is -2.31. The maximum Gasteiger partial charge on any atom is 0.354 e. The van der Waals surface area contributed by atoms with Crippen molar-refractivity contribution in [2.75, 3.05) is 11.2 Å².